The average molecular weight is 425 g/mol. The number of benzene rings is 2. The third-order valence-electron chi connectivity index (χ3n) is 5.40. The van der Waals surface area contributed by atoms with Crippen molar-refractivity contribution in [2.24, 2.45) is 0 Å². The van der Waals surface area contributed by atoms with Crippen LogP contribution in [0.5, 0.6) is 5.75 Å². The van der Waals surface area contributed by atoms with Crippen molar-refractivity contribution in [2.75, 3.05) is 18.7 Å². The van der Waals surface area contributed by atoms with Gasteiger partial charge in [-0.2, -0.15) is 0 Å². The number of nitrogens with zero attached hydrogens (tertiary/aromatic N) is 2. The fourth-order valence-electron chi connectivity index (χ4n) is 3.88. The maximum absolute atomic E-state index is 14.9. The molecular formula is C23H24FN3O4. The molecule has 0 amide bonds. The maximum atomic E-state index is 14.9. The van der Waals surface area contributed by atoms with Gasteiger partial charge in [-0.1, -0.05) is 24.3 Å². The number of hydrogen-bond donors (Lipinski definition) is 2. The van der Waals surface area contributed by atoms with E-state index < -0.39 is 11.4 Å². The Hall–Kier alpha value is -3.10. The van der Waals surface area contributed by atoms with Gasteiger partial charge in [0.1, 0.15) is 5.69 Å². The van der Waals surface area contributed by atoms with Gasteiger partial charge in [0.15, 0.2) is 30.5 Å². The van der Waals surface area contributed by atoms with Gasteiger partial charge in [0.05, 0.1) is 11.2 Å². The highest BCUT2D eigenvalue weighted by atomic mass is 19.1. The molecular weight excluding hydrogens is 401 g/mol. The van der Waals surface area contributed by atoms with Crippen LogP contribution in [0.4, 0.5) is 10.2 Å². The second-order valence-electron chi connectivity index (χ2n) is 7.91. The topological polar surface area (TPSA) is 93.6 Å². The number of aliphatic hydroxyl groups is 1. The number of carbonyl (C=O) groups is 1. The second-order valence-corrected chi connectivity index (χ2v) is 7.91. The summed E-state index contributed by atoms with van der Waals surface area (Å²) in [5, 5.41) is 23.6. The molecule has 1 saturated carbocycles. The number of anilines is 1. The highest BCUT2D eigenvalue weighted by Gasteiger charge is 2.38. The first kappa shape index (κ1) is 21.1. The van der Waals surface area contributed by atoms with E-state index in [1.165, 1.54) is 6.07 Å². The minimum absolute atomic E-state index is 0.103. The Balaban J connectivity index is 1.77. The normalized spacial score (nSPS) is 20.3. The van der Waals surface area contributed by atoms with E-state index >= 15 is 0 Å². The van der Waals surface area contributed by atoms with Crippen LogP contribution in [0.2, 0.25) is 0 Å². The monoisotopic (exact) mass is 425 g/mol. The fraction of sp³-hybridized carbons (Fsp3) is 0.348. The summed E-state index contributed by atoms with van der Waals surface area (Å²) in [7, 11) is 0. The van der Waals surface area contributed by atoms with Crippen molar-refractivity contribution in [1.82, 2.24) is 10.2 Å². The molecule has 162 valence electrons. The molecule has 31 heavy (non-hydrogen) atoms. The van der Waals surface area contributed by atoms with Crippen molar-refractivity contribution < 1.29 is 23.8 Å². The van der Waals surface area contributed by atoms with Crippen molar-refractivity contribution in [3.05, 3.63) is 47.8 Å². The number of halogens is 1. The molecule has 1 aliphatic carbocycles. The Morgan fingerprint density at radius 2 is 1.97 bits per heavy atom. The molecule has 0 atom stereocenters. The summed E-state index contributed by atoms with van der Waals surface area (Å²) in [6.07, 6.45) is 1.69. The highest BCUT2D eigenvalue weighted by Crippen LogP contribution is 2.39. The lowest BCUT2D eigenvalue weighted by molar-refractivity contribution is -0.0235. The summed E-state index contributed by atoms with van der Waals surface area (Å²) in [5.74, 6) is -0.271. The van der Waals surface area contributed by atoms with Crippen LogP contribution in [0.3, 0.4) is 0 Å². The largest absolute Gasteiger partial charge is 0.464 e. The zero-order valence-electron chi connectivity index (χ0n) is 17.4. The molecule has 1 heterocycles. The molecule has 8 heteroatoms. The first-order chi connectivity index (χ1) is 14.9. The fourth-order valence-corrected chi connectivity index (χ4v) is 3.88. The lowest BCUT2D eigenvalue weighted by Crippen LogP contribution is -2.48. The Morgan fingerprint density at radius 3 is 2.65 bits per heavy atom. The van der Waals surface area contributed by atoms with Crippen LogP contribution in [-0.4, -0.2) is 46.6 Å². The van der Waals surface area contributed by atoms with Gasteiger partial charge in [-0.05, 0) is 38.8 Å². The van der Waals surface area contributed by atoms with E-state index in [2.05, 4.69) is 15.5 Å². The van der Waals surface area contributed by atoms with Crippen LogP contribution < -0.4 is 10.1 Å². The first-order valence-electron chi connectivity index (χ1n) is 10.2. The summed E-state index contributed by atoms with van der Waals surface area (Å²) in [5.41, 5.74) is 0.0444. The zero-order valence-corrected chi connectivity index (χ0v) is 17.4. The number of fused-ring (bicyclic) bond motifs is 1. The van der Waals surface area contributed by atoms with E-state index in [-0.39, 0.29) is 24.1 Å². The van der Waals surface area contributed by atoms with Gasteiger partial charge in [-0.3, -0.25) is 4.79 Å². The molecule has 1 fully saturated rings. The third kappa shape index (κ3) is 4.22. The van der Waals surface area contributed by atoms with Crippen LogP contribution in [-0.2, 0) is 4.74 Å². The van der Waals surface area contributed by atoms with Crippen LogP contribution in [0.1, 0.15) is 37.0 Å². The van der Waals surface area contributed by atoms with Crippen molar-refractivity contribution >= 4 is 22.9 Å². The van der Waals surface area contributed by atoms with E-state index in [1.54, 1.807) is 19.9 Å². The van der Waals surface area contributed by atoms with Crippen molar-refractivity contribution in [1.29, 1.82) is 0 Å². The summed E-state index contributed by atoms with van der Waals surface area (Å²) >= 11 is 0. The Morgan fingerprint density at radius 1 is 1.23 bits per heavy atom. The molecule has 7 nitrogen and oxygen atoms in total. The highest BCUT2D eigenvalue weighted by molar-refractivity contribution is 6.01. The number of carbonyl (C=O) groups excluding carboxylic acids is 1. The van der Waals surface area contributed by atoms with E-state index in [1.807, 2.05) is 24.3 Å². The van der Waals surface area contributed by atoms with Gasteiger partial charge >= 0.3 is 0 Å². The van der Waals surface area contributed by atoms with Crippen molar-refractivity contribution in [3.8, 4) is 17.0 Å². The van der Waals surface area contributed by atoms with E-state index in [4.69, 9.17) is 9.47 Å². The van der Waals surface area contributed by atoms with Crippen LogP contribution in [0.25, 0.3) is 22.0 Å². The SMILES string of the molecule is CCOCOc1c(-c2nnc(NC3CC(C)(O)C3)c3ccccc23)ccc(C=O)c1F. The van der Waals surface area contributed by atoms with E-state index in [0.717, 1.165) is 10.8 Å². The molecule has 0 aliphatic heterocycles. The van der Waals surface area contributed by atoms with Gasteiger partial charge < -0.3 is 19.9 Å². The number of hydrogen-bond acceptors (Lipinski definition) is 7. The van der Waals surface area contributed by atoms with Gasteiger partial charge in [0.25, 0.3) is 0 Å². The molecule has 0 spiro atoms. The minimum atomic E-state index is -0.767. The predicted octanol–water partition coefficient (Wildman–Crippen LogP) is 3.95. The van der Waals surface area contributed by atoms with Crippen LogP contribution in [0, 0.1) is 5.82 Å². The lowest BCUT2D eigenvalue weighted by Gasteiger charge is -2.41. The summed E-state index contributed by atoms with van der Waals surface area (Å²) in [6, 6.07) is 10.6. The number of rotatable bonds is 8. The van der Waals surface area contributed by atoms with Gasteiger partial charge in [0.2, 0.25) is 0 Å². The predicted molar refractivity (Wildman–Crippen MR) is 115 cm³/mol. The molecule has 1 aromatic heterocycles. The standard InChI is InChI=1S/C23H24FN3O4/c1-3-30-13-31-21-18(9-8-14(12-28)19(21)24)20-16-6-4-5-7-17(16)22(27-26-20)25-15-10-23(2,29)11-15/h4-9,12,15,29H,3,10-11,13H2,1-2H3,(H,25,27). The first-order valence-corrected chi connectivity index (χ1v) is 10.2. The summed E-state index contributed by atoms with van der Waals surface area (Å²) in [6.45, 7) is 3.85. The Kier molecular flexibility index (Phi) is 5.84. The molecule has 0 radical (unpaired) electrons. The maximum Gasteiger partial charge on any atom is 0.189 e. The second kappa shape index (κ2) is 8.56. The number of aromatic nitrogens is 2. The molecule has 0 bridgehead atoms. The molecule has 4 rings (SSSR count). The molecule has 0 unspecified atom stereocenters. The minimum Gasteiger partial charge on any atom is -0.464 e. The van der Waals surface area contributed by atoms with Crippen LogP contribution >= 0.6 is 0 Å². The van der Waals surface area contributed by atoms with E-state index in [0.29, 0.717) is 42.8 Å². The summed E-state index contributed by atoms with van der Waals surface area (Å²) < 4.78 is 25.7. The third-order valence-corrected chi connectivity index (χ3v) is 5.40. The number of ether oxygens (including phenoxy) is 2. The van der Waals surface area contributed by atoms with Gasteiger partial charge in [-0.15, -0.1) is 10.2 Å². The summed E-state index contributed by atoms with van der Waals surface area (Å²) in [4.78, 5) is 11.2. The molecule has 2 N–H and O–H groups in total. The van der Waals surface area contributed by atoms with Crippen LogP contribution in [0.15, 0.2) is 36.4 Å². The smallest absolute Gasteiger partial charge is 0.189 e. The van der Waals surface area contributed by atoms with Crippen molar-refractivity contribution in [3.63, 3.8) is 0 Å². The number of nitrogens with one attached hydrogen (secondary N) is 1. The number of aldehydes is 1. The van der Waals surface area contributed by atoms with Crippen molar-refractivity contribution in [2.45, 2.75) is 38.3 Å². The molecule has 0 saturated heterocycles. The van der Waals surface area contributed by atoms with Gasteiger partial charge in [-0.25, -0.2) is 4.39 Å². The van der Waals surface area contributed by atoms with E-state index in [9.17, 15) is 14.3 Å². The molecule has 3 aromatic rings. The lowest BCUT2D eigenvalue weighted by atomic mass is 9.77. The quantitative estimate of drug-likeness (QED) is 0.321. The van der Waals surface area contributed by atoms with Gasteiger partial charge in [0, 0.05) is 29.0 Å². The Labute approximate surface area is 179 Å². The molecule has 2 aromatic carbocycles. The zero-order chi connectivity index (χ0) is 22.0. The average Bonchev–Trinajstić information content (AvgIpc) is 2.74. The Bertz CT molecular complexity index is 1110. The molecule has 1 aliphatic rings.